The molecule has 1 aliphatic rings. The van der Waals surface area contributed by atoms with Crippen LogP contribution in [0.5, 0.6) is 0 Å². The third-order valence-corrected chi connectivity index (χ3v) is 3.80. The van der Waals surface area contributed by atoms with Crippen molar-refractivity contribution in [2.75, 3.05) is 13.1 Å². The second kappa shape index (κ2) is 8.07. The maximum Gasteiger partial charge on any atom is 0.410 e. The van der Waals surface area contributed by atoms with Gasteiger partial charge < -0.3 is 24.8 Å². The van der Waals surface area contributed by atoms with Crippen molar-refractivity contribution in [1.82, 2.24) is 10.2 Å². The third kappa shape index (κ3) is 5.65. The number of likely N-dealkylation sites (tertiary alicyclic amines) is 1. The van der Waals surface area contributed by atoms with Crippen molar-refractivity contribution in [3.8, 4) is 0 Å². The molecule has 1 heterocycles. The number of nitrogens with one attached hydrogen (secondary N) is 1. The number of benzene rings is 1. The van der Waals surface area contributed by atoms with Crippen LogP contribution in [-0.2, 0) is 20.9 Å². The van der Waals surface area contributed by atoms with Gasteiger partial charge in [-0.1, -0.05) is 30.3 Å². The molecule has 2 rings (SSSR count). The summed E-state index contributed by atoms with van der Waals surface area (Å²) < 4.78 is 10.4. The van der Waals surface area contributed by atoms with Crippen LogP contribution in [0.4, 0.5) is 9.59 Å². The van der Waals surface area contributed by atoms with Crippen LogP contribution in [0, 0.1) is 5.92 Å². The molecule has 2 N–H and O–H groups in total. The number of rotatable bonds is 4. The summed E-state index contributed by atoms with van der Waals surface area (Å²) in [6.07, 6.45) is -1.33. The van der Waals surface area contributed by atoms with Crippen LogP contribution < -0.4 is 5.32 Å². The molecule has 0 spiro atoms. The van der Waals surface area contributed by atoms with Gasteiger partial charge in [0.25, 0.3) is 0 Å². The van der Waals surface area contributed by atoms with Gasteiger partial charge in [-0.05, 0) is 26.3 Å². The number of carboxylic acid groups (broad SMARTS) is 1. The summed E-state index contributed by atoms with van der Waals surface area (Å²) >= 11 is 0. The number of aliphatic carboxylic acids is 1. The topological polar surface area (TPSA) is 105 Å². The highest BCUT2D eigenvalue weighted by atomic mass is 16.6. The number of nitrogens with zero attached hydrogens (tertiary/aromatic N) is 1. The lowest BCUT2D eigenvalue weighted by molar-refractivity contribution is -0.141. The minimum Gasteiger partial charge on any atom is -0.481 e. The number of carbonyl (C=O) groups excluding carboxylic acids is 2. The fourth-order valence-corrected chi connectivity index (χ4v) is 2.62. The molecule has 0 radical (unpaired) electrons. The summed E-state index contributed by atoms with van der Waals surface area (Å²) in [5.41, 5.74) is 0.133. The highest BCUT2D eigenvalue weighted by molar-refractivity contribution is 5.77. The van der Waals surface area contributed by atoms with E-state index in [2.05, 4.69) is 5.32 Å². The highest BCUT2D eigenvalue weighted by Crippen LogP contribution is 2.20. The van der Waals surface area contributed by atoms with Crippen molar-refractivity contribution in [1.29, 1.82) is 0 Å². The maximum atomic E-state index is 12.2. The van der Waals surface area contributed by atoms with Crippen molar-refractivity contribution in [2.24, 2.45) is 5.92 Å². The molecular formula is C18H24N2O6. The Hall–Kier alpha value is -2.77. The van der Waals surface area contributed by atoms with Gasteiger partial charge in [-0.15, -0.1) is 0 Å². The highest BCUT2D eigenvalue weighted by Gasteiger charge is 2.41. The Bertz CT molecular complexity index is 655. The second-order valence-electron chi connectivity index (χ2n) is 7.14. The van der Waals surface area contributed by atoms with Gasteiger partial charge in [0.15, 0.2) is 0 Å². The SMILES string of the molecule is CC(C)(C)OC(=O)NC1CN(C(=O)OCc2ccccc2)CC1C(=O)O. The molecule has 8 heteroatoms. The smallest absolute Gasteiger partial charge is 0.410 e. The normalized spacial score (nSPS) is 19.7. The average molecular weight is 364 g/mol. The maximum absolute atomic E-state index is 12.2. The van der Waals surface area contributed by atoms with Crippen LogP contribution in [0.15, 0.2) is 30.3 Å². The molecule has 1 aromatic carbocycles. The van der Waals surface area contributed by atoms with E-state index >= 15 is 0 Å². The summed E-state index contributed by atoms with van der Waals surface area (Å²) in [7, 11) is 0. The molecule has 142 valence electrons. The lowest BCUT2D eigenvalue weighted by atomic mass is 10.0. The minimum atomic E-state index is -1.09. The summed E-state index contributed by atoms with van der Waals surface area (Å²) in [6.45, 7) is 5.24. The molecular weight excluding hydrogens is 340 g/mol. The summed E-state index contributed by atoms with van der Waals surface area (Å²) in [6, 6.07) is 8.43. The van der Waals surface area contributed by atoms with Gasteiger partial charge in [-0.3, -0.25) is 4.79 Å². The Morgan fingerprint density at radius 3 is 2.42 bits per heavy atom. The first-order chi connectivity index (χ1) is 12.2. The molecule has 2 atom stereocenters. The predicted molar refractivity (Wildman–Crippen MR) is 92.5 cm³/mol. The Kier molecular flexibility index (Phi) is 6.07. The van der Waals surface area contributed by atoms with Crippen molar-refractivity contribution in [2.45, 2.75) is 39.0 Å². The molecule has 8 nitrogen and oxygen atoms in total. The summed E-state index contributed by atoms with van der Waals surface area (Å²) in [5.74, 6) is -2.02. The van der Waals surface area contributed by atoms with Crippen LogP contribution in [0.2, 0.25) is 0 Å². The zero-order valence-corrected chi connectivity index (χ0v) is 15.1. The van der Waals surface area contributed by atoms with Crippen molar-refractivity contribution in [3.63, 3.8) is 0 Å². The average Bonchev–Trinajstić information content (AvgIpc) is 2.95. The minimum absolute atomic E-state index is 0.0383. The fraction of sp³-hybridized carbons (Fsp3) is 0.500. The lowest BCUT2D eigenvalue weighted by Crippen LogP contribution is -2.45. The molecule has 0 aliphatic carbocycles. The molecule has 1 aromatic rings. The van der Waals surface area contributed by atoms with E-state index in [-0.39, 0.29) is 19.7 Å². The van der Waals surface area contributed by atoms with Crippen LogP contribution in [0.1, 0.15) is 26.3 Å². The van der Waals surface area contributed by atoms with E-state index in [1.807, 2.05) is 30.3 Å². The number of carbonyl (C=O) groups is 3. The summed E-state index contributed by atoms with van der Waals surface area (Å²) in [5, 5.41) is 11.9. The zero-order chi connectivity index (χ0) is 19.3. The van der Waals surface area contributed by atoms with Crippen LogP contribution >= 0.6 is 0 Å². The van der Waals surface area contributed by atoms with Crippen molar-refractivity contribution >= 4 is 18.2 Å². The Labute approximate surface area is 152 Å². The molecule has 2 amide bonds. The van der Waals surface area contributed by atoms with Gasteiger partial charge in [0.2, 0.25) is 0 Å². The molecule has 26 heavy (non-hydrogen) atoms. The molecule has 2 unspecified atom stereocenters. The van der Waals surface area contributed by atoms with E-state index in [0.717, 1.165) is 5.56 Å². The van der Waals surface area contributed by atoms with Crippen LogP contribution in [0.3, 0.4) is 0 Å². The van der Waals surface area contributed by atoms with E-state index in [1.54, 1.807) is 20.8 Å². The predicted octanol–water partition coefficient (Wildman–Crippen LogP) is 2.23. The molecule has 1 fully saturated rings. The van der Waals surface area contributed by atoms with E-state index < -0.39 is 35.7 Å². The quantitative estimate of drug-likeness (QED) is 0.849. The monoisotopic (exact) mass is 364 g/mol. The standard InChI is InChI=1S/C18H24N2O6/c1-18(2,3)26-16(23)19-14-10-20(9-13(14)15(21)22)17(24)25-11-12-7-5-4-6-8-12/h4-8,13-14H,9-11H2,1-3H3,(H,19,23)(H,21,22). The fourth-order valence-electron chi connectivity index (χ4n) is 2.62. The van der Waals surface area contributed by atoms with Crippen molar-refractivity contribution in [3.05, 3.63) is 35.9 Å². The number of alkyl carbamates (subject to hydrolysis) is 1. The Morgan fingerprint density at radius 1 is 1.19 bits per heavy atom. The van der Waals surface area contributed by atoms with Gasteiger partial charge in [0.05, 0.1) is 12.0 Å². The van der Waals surface area contributed by atoms with Gasteiger partial charge in [0.1, 0.15) is 12.2 Å². The molecule has 0 bridgehead atoms. The first kappa shape index (κ1) is 19.6. The van der Waals surface area contributed by atoms with E-state index in [1.165, 1.54) is 4.90 Å². The van der Waals surface area contributed by atoms with Crippen LogP contribution in [0.25, 0.3) is 0 Å². The Balaban J connectivity index is 1.93. The van der Waals surface area contributed by atoms with E-state index in [0.29, 0.717) is 0 Å². The van der Waals surface area contributed by atoms with Gasteiger partial charge in [0, 0.05) is 13.1 Å². The number of hydrogen-bond acceptors (Lipinski definition) is 5. The largest absolute Gasteiger partial charge is 0.481 e. The van der Waals surface area contributed by atoms with Gasteiger partial charge in [-0.2, -0.15) is 0 Å². The molecule has 1 saturated heterocycles. The van der Waals surface area contributed by atoms with Crippen LogP contribution in [-0.4, -0.2) is 52.9 Å². The second-order valence-corrected chi connectivity index (χ2v) is 7.14. The lowest BCUT2D eigenvalue weighted by Gasteiger charge is -2.23. The van der Waals surface area contributed by atoms with Crippen molar-refractivity contribution < 1.29 is 29.0 Å². The first-order valence-electron chi connectivity index (χ1n) is 8.33. The number of amides is 2. The zero-order valence-electron chi connectivity index (χ0n) is 15.1. The van der Waals surface area contributed by atoms with E-state index in [9.17, 15) is 19.5 Å². The molecule has 1 aliphatic heterocycles. The Morgan fingerprint density at radius 2 is 1.85 bits per heavy atom. The molecule has 0 aromatic heterocycles. The van der Waals surface area contributed by atoms with Gasteiger partial charge >= 0.3 is 18.2 Å². The first-order valence-corrected chi connectivity index (χ1v) is 8.33. The number of carboxylic acids is 1. The third-order valence-electron chi connectivity index (χ3n) is 3.80. The van der Waals surface area contributed by atoms with E-state index in [4.69, 9.17) is 9.47 Å². The van der Waals surface area contributed by atoms with Gasteiger partial charge in [-0.25, -0.2) is 9.59 Å². The number of ether oxygens (including phenoxy) is 2. The summed E-state index contributed by atoms with van der Waals surface area (Å²) in [4.78, 5) is 36.9. The molecule has 0 saturated carbocycles. The number of hydrogen-bond donors (Lipinski definition) is 2.